The van der Waals surface area contributed by atoms with Gasteiger partial charge in [0.1, 0.15) is 5.75 Å². The summed E-state index contributed by atoms with van der Waals surface area (Å²) in [5, 5.41) is 21.1. The van der Waals surface area contributed by atoms with Crippen LogP contribution in [0.25, 0.3) is 0 Å². The quantitative estimate of drug-likeness (QED) is 0.741. The molecule has 3 N–H and O–H groups in total. The average Bonchev–Trinajstić information content (AvgIpc) is 2.40. The van der Waals surface area contributed by atoms with E-state index in [0.717, 1.165) is 5.56 Å². The Balaban J connectivity index is 2.31. The van der Waals surface area contributed by atoms with E-state index in [4.69, 9.17) is 5.11 Å². The lowest BCUT2D eigenvalue weighted by atomic mass is 10.1. The van der Waals surface area contributed by atoms with Crippen LogP contribution in [0.15, 0.2) is 40.9 Å². The molecule has 1 amide bonds. The summed E-state index contributed by atoms with van der Waals surface area (Å²) in [6.07, 6.45) is 0. The van der Waals surface area contributed by atoms with Gasteiger partial charge in [-0.05, 0) is 58.7 Å². The van der Waals surface area contributed by atoms with Crippen molar-refractivity contribution in [3.63, 3.8) is 0 Å². The van der Waals surface area contributed by atoms with E-state index < -0.39 is 11.9 Å². The maximum absolute atomic E-state index is 12.2. The molecule has 0 saturated carbocycles. The molecule has 2 aromatic rings. The van der Waals surface area contributed by atoms with E-state index in [2.05, 4.69) is 21.2 Å². The number of hydrogen-bond acceptors (Lipinski definition) is 3. The van der Waals surface area contributed by atoms with E-state index in [1.165, 1.54) is 18.2 Å². The van der Waals surface area contributed by atoms with Crippen molar-refractivity contribution in [2.24, 2.45) is 0 Å². The van der Waals surface area contributed by atoms with Gasteiger partial charge < -0.3 is 15.5 Å². The number of amides is 1. The lowest BCUT2D eigenvalue weighted by Gasteiger charge is -2.10. The molecule has 0 aliphatic heterocycles. The average molecular weight is 350 g/mol. The third kappa shape index (κ3) is 3.41. The molecule has 108 valence electrons. The van der Waals surface area contributed by atoms with Crippen molar-refractivity contribution < 1.29 is 19.8 Å². The number of aryl methyl sites for hydroxylation is 1. The number of carbonyl (C=O) groups excluding carboxylic acids is 1. The molecule has 0 aliphatic rings. The standard InChI is InChI=1S/C15H12BrNO4/c1-8-2-4-10(11(16)6-8)14(19)17-12-7-9(15(20)21)3-5-13(12)18/h2-7,18H,1H3,(H,17,19)(H,20,21). The molecule has 6 heteroatoms. The van der Waals surface area contributed by atoms with Crippen molar-refractivity contribution in [3.8, 4) is 5.75 Å². The van der Waals surface area contributed by atoms with Crippen LogP contribution in [0.5, 0.6) is 5.75 Å². The summed E-state index contributed by atoms with van der Waals surface area (Å²) in [5.74, 6) is -1.78. The number of phenolic OH excluding ortho intramolecular Hbond substituents is 1. The van der Waals surface area contributed by atoms with Crippen LogP contribution in [-0.2, 0) is 0 Å². The zero-order chi connectivity index (χ0) is 15.6. The Morgan fingerprint density at radius 2 is 1.86 bits per heavy atom. The molecule has 0 bridgehead atoms. The molecule has 0 spiro atoms. The molecule has 0 aromatic heterocycles. The summed E-state index contributed by atoms with van der Waals surface area (Å²) in [5.41, 5.74) is 1.41. The molecule has 0 saturated heterocycles. The van der Waals surface area contributed by atoms with Crippen LogP contribution in [0.3, 0.4) is 0 Å². The molecule has 0 fully saturated rings. The fraction of sp³-hybridized carbons (Fsp3) is 0.0667. The maximum Gasteiger partial charge on any atom is 0.335 e. The van der Waals surface area contributed by atoms with Crippen molar-refractivity contribution in [1.29, 1.82) is 0 Å². The predicted octanol–water partition coefficient (Wildman–Crippen LogP) is 3.41. The number of benzene rings is 2. The van der Waals surface area contributed by atoms with Gasteiger partial charge in [-0.2, -0.15) is 0 Å². The van der Waals surface area contributed by atoms with Gasteiger partial charge >= 0.3 is 5.97 Å². The highest BCUT2D eigenvalue weighted by Gasteiger charge is 2.14. The minimum Gasteiger partial charge on any atom is -0.506 e. The SMILES string of the molecule is Cc1ccc(C(=O)Nc2cc(C(=O)O)ccc2O)c(Br)c1. The van der Waals surface area contributed by atoms with Crippen LogP contribution >= 0.6 is 15.9 Å². The molecule has 0 heterocycles. The van der Waals surface area contributed by atoms with Gasteiger partial charge in [-0.15, -0.1) is 0 Å². The summed E-state index contributed by atoms with van der Waals surface area (Å²) >= 11 is 3.30. The van der Waals surface area contributed by atoms with Gasteiger partial charge in [0.05, 0.1) is 16.8 Å². The van der Waals surface area contributed by atoms with Gasteiger partial charge in [0, 0.05) is 4.47 Å². The Hall–Kier alpha value is -2.34. The van der Waals surface area contributed by atoms with E-state index in [1.807, 2.05) is 6.92 Å². The van der Waals surface area contributed by atoms with Crippen molar-refractivity contribution in [2.45, 2.75) is 6.92 Å². The molecule has 0 atom stereocenters. The Morgan fingerprint density at radius 1 is 1.14 bits per heavy atom. The van der Waals surface area contributed by atoms with Gasteiger partial charge in [0.2, 0.25) is 0 Å². The highest BCUT2D eigenvalue weighted by Crippen LogP contribution is 2.26. The second-order valence-corrected chi connectivity index (χ2v) is 5.33. The summed E-state index contributed by atoms with van der Waals surface area (Å²) in [7, 11) is 0. The number of carboxylic acids is 1. The molecule has 0 unspecified atom stereocenters. The smallest absolute Gasteiger partial charge is 0.335 e. The van der Waals surface area contributed by atoms with Gasteiger partial charge in [0.15, 0.2) is 0 Å². The molecule has 2 aromatic carbocycles. The van der Waals surface area contributed by atoms with Gasteiger partial charge in [0.25, 0.3) is 5.91 Å². The van der Waals surface area contributed by atoms with E-state index in [0.29, 0.717) is 10.0 Å². The second kappa shape index (κ2) is 5.97. The fourth-order valence-corrected chi connectivity index (χ4v) is 2.44. The first-order chi connectivity index (χ1) is 9.88. The van der Waals surface area contributed by atoms with Gasteiger partial charge in [-0.1, -0.05) is 6.07 Å². The zero-order valence-corrected chi connectivity index (χ0v) is 12.6. The fourth-order valence-electron chi connectivity index (χ4n) is 1.76. The largest absolute Gasteiger partial charge is 0.506 e. The summed E-state index contributed by atoms with van der Waals surface area (Å²) in [6, 6.07) is 8.92. The summed E-state index contributed by atoms with van der Waals surface area (Å²) < 4.78 is 0.619. The Morgan fingerprint density at radius 3 is 2.48 bits per heavy atom. The topological polar surface area (TPSA) is 86.6 Å². The monoisotopic (exact) mass is 349 g/mol. The molecular formula is C15H12BrNO4. The van der Waals surface area contributed by atoms with E-state index in [9.17, 15) is 14.7 Å². The minimum atomic E-state index is -1.14. The number of aromatic carboxylic acids is 1. The normalized spacial score (nSPS) is 10.2. The number of carboxylic acid groups (broad SMARTS) is 1. The Bertz CT molecular complexity index is 728. The van der Waals surface area contributed by atoms with Gasteiger partial charge in [-0.25, -0.2) is 4.79 Å². The summed E-state index contributed by atoms with van der Waals surface area (Å²) in [6.45, 7) is 1.90. The first-order valence-electron chi connectivity index (χ1n) is 6.02. The Labute approximate surface area is 129 Å². The van der Waals surface area contributed by atoms with Crippen LogP contribution in [0.2, 0.25) is 0 Å². The highest BCUT2D eigenvalue weighted by atomic mass is 79.9. The number of phenols is 1. The van der Waals surface area contributed by atoms with Crippen LogP contribution in [0.1, 0.15) is 26.3 Å². The Kier molecular flexibility index (Phi) is 4.28. The molecule has 0 radical (unpaired) electrons. The number of aromatic hydroxyl groups is 1. The number of halogens is 1. The van der Waals surface area contributed by atoms with Crippen molar-refractivity contribution in [2.75, 3.05) is 5.32 Å². The highest BCUT2D eigenvalue weighted by molar-refractivity contribution is 9.10. The van der Waals surface area contributed by atoms with Gasteiger partial charge in [-0.3, -0.25) is 4.79 Å². The maximum atomic E-state index is 12.2. The van der Waals surface area contributed by atoms with Crippen molar-refractivity contribution in [3.05, 3.63) is 57.6 Å². The molecular weight excluding hydrogens is 338 g/mol. The van der Waals surface area contributed by atoms with E-state index in [-0.39, 0.29) is 17.0 Å². The first kappa shape index (κ1) is 15.1. The predicted molar refractivity (Wildman–Crippen MR) is 81.9 cm³/mol. The van der Waals surface area contributed by atoms with Crippen molar-refractivity contribution >= 4 is 33.5 Å². The third-order valence-electron chi connectivity index (χ3n) is 2.86. The number of nitrogens with one attached hydrogen (secondary N) is 1. The zero-order valence-electron chi connectivity index (χ0n) is 11.1. The minimum absolute atomic E-state index is 0.0222. The third-order valence-corrected chi connectivity index (χ3v) is 3.52. The number of hydrogen-bond donors (Lipinski definition) is 3. The lowest BCUT2D eigenvalue weighted by molar-refractivity contribution is 0.0696. The number of carbonyl (C=O) groups is 2. The molecule has 0 aliphatic carbocycles. The second-order valence-electron chi connectivity index (χ2n) is 4.47. The number of anilines is 1. The summed E-state index contributed by atoms with van der Waals surface area (Å²) in [4.78, 5) is 23.1. The number of rotatable bonds is 3. The van der Waals surface area contributed by atoms with Crippen molar-refractivity contribution in [1.82, 2.24) is 0 Å². The lowest BCUT2D eigenvalue weighted by Crippen LogP contribution is -2.13. The first-order valence-corrected chi connectivity index (χ1v) is 6.81. The molecule has 5 nitrogen and oxygen atoms in total. The van der Waals surface area contributed by atoms with E-state index >= 15 is 0 Å². The van der Waals surface area contributed by atoms with Crippen LogP contribution in [-0.4, -0.2) is 22.1 Å². The van der Waals surface area contributed by atoms with E-state index in [1.54, 1.807) is 18.2 Å². The van der Waals surface area contributed by atoms with Crippen LogP contribution in [0.4, 0.5) is 5.69 Å². The molecule has 21 heavy (non-hydrogen) atoms. The van der Waals surface area contributed by atoms with Crippen LogP contribution < -0.4 is 5.32 Å². The molecule has 2 rings (SSSR count). The van der Waals surface area contributed by atoms with Crippen LogP contribution in [0, 0.1) is 6.92 Å².